The normalized spacial score (nSPS) is 11.1. The lowest BCUT2D eigenvalue weighted by atomic mass is 10.1. The Hall–Kier alpha value is -4.85. The second-order valence-corrected chi connectivity index (χ2v) is 7.24. The Morgan fingerprint density at radius 3 is 2.44 bits per heavy atom. The van der Waals surface area contributed by atoms with Crippen molar-refractivity contribution >= 4 is 34.4 Å². The lowest BCUT2D eigenvalue weighted by Gasteiger charge is -2.07. The number of hydrogen-bond donors (Lipinski definition) is 3. The SMILES string of the molecule is C=C/C=C(\C(=C)F)C(=O)Nc1ccc(-c2nc3cc(NC(=O)c4ccccc4)ncc3[nH]2)cc1. The molecule has 3 N–H and O–H groups in total. The van der Waals surface area contributed by atoms with E-state index in [9.17, 15) is 14.0 Å². The maximum Gasteiger partial charge on any atom is 0.258 e. The fourth-order valence-corrected chi connectivity index (χ4v) is 3.21. The fourth-order valence-electron chi connectivity index (χ4n) is 3.21. The van der Waals surface area contributed by atoms with E-state index in [1.54, 1.807) is 60.8 Å². The standard InChI is InChI=1S/C26H20FN5O2/c1-3-7-20(16(2)27)26(34)29-19-12-10-17(11-13-19)24-30-21-14-23(28-15-22(21)31-24)32-25(33)18-8-5-4-6-9-18/h3-15H,1-2H2,(H,29,34)(H,30,31)(H,28,32,33)/b20-7+. The summed E-state index contributed by atoms with van der Waals surface area (Å²) in [7, 11) is 0. The first kappa shape index (κ1) is 22.3. The van der Waals surface area contributed by atoms with Crippen LogP contribution in [0.2, 0.25) is 0 Å². The number of imidazole rings is 1. The first-order chi connectivity index (χ1) is 16.4. The molecule has 0 atom stereocenters. The summed E-state index contributed by atoms with van der Waals surface area (Å²) in [6, 6.07) is 17.4. The Bertz CT molecular complexity index is 1420. The van der Waals surface area contributed by atoms with Crippen LogP contribution in [0.5, 0.6) is 0 Å². The minimum Gasteiger partial charge on any atom is -0.337 e. The molecule has 0 fully saturated rings. The van der Waals surface area contributed by atoms with Crippen molar-refractivity contribution < 1.29 is 14.0 Å². The number of hydrogen-bond acceptors (Lipinski definition) is 4. The quantitative estimate of drug-likeness (QED) is 0.257. The van der Waals surface area contributed by atoms with Gasteiger partial charge in [0.2, 0.25) is 0 Å². The maximum atomic E-state index is 13.5. The summed E-state index contributed by atoms with van der Waals surface area (Å²) in [5.41, 5.74) is 2.91. The molecule has 0 saturated carbocycles. The minimum absolute atomic E-state index is 0.195. The lowest BCUT2D eigenvalue weighted by Crippen LogP contribution is -2.14. The van der Waals surface area contributed by atoms with Gasteiger partial charge in [0.25, 0.3) is 11.8 Å². The molecule has 4 rings (SSSR count). The second kappa shape index (κ2) is 9.74. The van der Waals surface area contributed by atoms with Crippen LogP contribution in [0.4, 0.5) is 15.9 Å². The zero-order valence-corrected chi connectivity index (χ0v) is 18.0. The number of carbonyl (C=O) groups is 2. The molecule has 7 nitrogen and oxygen atoms in total. The highest BCUT2D eigenvalue weighted by atomic mass is 19.1. The smallest absolute Gasteiger partial charge is 0.258 e. The fraction of sp³-hybridized carbons (Fsp3) is 0. The average molecular weight is 453 g/mol. The zero-order valence-electron chi connectivity index (χ0n) is 18.0. The average Bonchev–Trinajstić information content (AvgIpc) is 3.26. The highest BCUT2D eigenvalue weighted by Gasteiger charge is 2.13. The molecule has 2 aromatic heterocycles. The molecule has 0 saturated heterocycles. The van der Waals surface area contributed by atoms with Crippen molar-refractivity contribution in [3.8, 4) is 11.4 Å². The molecule has 2 heterocycles. The Morgan fingerprint density at radius 2 is 1.76 bits per heavy atom. The van der Waals surface area contributed by atoms with Crippen LogP contribution in [-0.2, 0) is 4.79 Å². The maximum absolute atomic E-state index is 13.5. The van der Waals surface area contributed by atoms with Gasteiger partial charge >= 0.3 is 0 Å². The minimum atomic E-state index is -0.843. The van der Waals surface area contributed by atoms with Gasteiger partial charge in [-0.15, -0.1) is 0 Å². The van der Waals surface area contributed by atoms with Crippen molar-refractivity contribution in [3.63, 3.8) is 0 Å². The number of carbonyl (C=O) groups excluding carboxylic acids is 2. The molecule has 168 valence electrons. The summed E-state index contributed by atoms with van der Waals surface area (Å²) in [5.74, 6) is -0.756. The van der Waals surface area contributed by atoms with Crippen molar-refractivity contribution in [3.05, 3.63) is 109 Å². The van der Waals surface area contributed by atoms with Crippen LogP contribution in [-0.4, -0.2) is 26.8 Å². The van der Waals surface area contributed by atoms with Gasteiger partial charge in [0.1, 0.15) is 17.5 Å². The van der Waals surface area contributed by atoms with Crippen molar-refractivity contribution in [2.75, 3.05) is 10.6 Å². The molecule has 2 aromatic carbocycles. The van der Waals surface area contributed by atoms with E-state index in [1.165, 1.54) is 12.2 Å². The first-order valence-corrected chi connectivity index (χ1v) is 10.3. The van der Waals surface area contributed by atoms with E-state index in [0.717, 1.165) is 5.56 Å². The number of anilines is 2. The number of amides is 2. The van der Waals surface area contributed by atoms with Gasteiger partial charge < -0.3 is 15.6 Å². The number of benzene rings is 2. The van der Waals surface area contributed by atoms with Crippen molar-refractivity contribution in [1.82, 2.24) is 15.0 Å². The third-order valence-corrected chi connectivity index (χ3v) is 4.88. The Labute approximate surface area is 194 Å². The Kier molecular flexibility index (Phi) is 6.40. The van der Waals surface area contributed by atoms with Gasteiger partial charge in [-0.05, 0) is 42.5 Å². The van der Waals surface area contributed by atoms with Gasteiger partial charge in [0.05, 0.1) is 22.8 Å². The summed E-state index contributed by atoms with van der Waals surface area (Å²) in [6.07, 6.45) is 4.17. The second-order valence-electron chi connectivity index (χ2n) is 7.24. The predicted octanol–water partition coefficient (Wildman–Crippen LogP) is 5.41. The molecule has 0 aliphatic rings. The van der Waals surface area contributed by atoms with Crippen LogP contribution < -0.4 is 10.6 Å². The molecular formula is C26H20FN5O2. The van der Waals surface area contributed by atoms with E-state index in [4.69, 9.17) is 0 Å². The number of aromatic nitrogens is 3. The number of nitrogens with one attached hydrogen (secondary N) is 3. The Morgan fingerprint density at radius 1 is 1.03 bits per heavy atom. The summed E-state index contributed by atoms with van der Waals surface area (Å²) in [5, 5.41) is 5.38. The molecule has 4 aromatic rings. The zero-order chi connectivity index (χ0) is 24.1. The van der Waals surface area contributed by atoms with E-state index in [-0.39, 0.29) is 11.5 Å². The first-order valence-electron chi connectivity index (χ1n) is 10.3. The summed E-state index contributed by atoms with van der Waals surface area (Å²) >= 11 is 0. The molecule has 0 unspecified atom stereocenters. The van der Waals surface area contributed by atoms with Crippen molar-refractivity contribution in [2.45, 2.75) is 0 Å². The largest absolute Gasteiger partial charge is 0.337 e. The molecule has 0 aliphatic heterocycles. The van der Waals surface area contributed by atoms with Gasteiger partial charge in [0.15, 0.2) is 0 Å². The molecular weight excluding hydrogens is 433 g/mol. The molecule has 0 aliphatic carbocycles. The number of rotatable bonds is 7. The van der Waals surface area contributed by atoms with Crippen LogP contribution in [0.25, 0.3) is 22.4 Å². The molecule has 0 bridgehead atoms. The number of fused-ring (bicyclic) bond motifs is 1. The summed E-state index contributed by atoms with van der Waals surface area (Å²) < 4.78 is 13.5. The van der Waals surface area contributed by atoms with E-state index in [1.807, 2.05) is 6.07 Å². The van der Waals surface area contributed by atoms with Gasteiger partial charge in [-0.1, -0.05) is 37.4 Å². The molecule has 2 amide bonds. The van der Waals surface area contributed by atoms with Crippen molar-refractivity contribution in [1.29, 1.82) is 0 Å². The molecule has 8 heteroatoms. The summed E-state index contributed by atoms with van der Waals surface area (Å²) in [6.45, 7) is 6.63. The van der Waals surface area contributed by atoms with E-state index >= 15 is 0 Å². The third-order valence-electron chi connectivity index (χ3n) is 4.88. The highest BCUT2D eigenvalue weighted by Crippen LogP contribution is 2.24. The van der Waals surface area contributed by atoms with Gasteiger partial charge in [-0.25, -0.2) is 14.4 Å². The van der Waals surface area contributed by atoms with Crippen LogP contribution in [0.3, 0.4) is 0 Å². The monoisotopic (exact) mass is 453 g/mol. The topological polar surface area (TPSA) is 99.8 Å². The molecule has 0 spiro atoms. The number of nitrogens with zero attached hydrogens (tertiary/aromatic N) is 2. The summed E-state index contributed by atoms with van der Waals surface area (Å²) in [4.78, 5) is 36.6. The van der Waals surface area contributed by atoms with Crippen LogP contribution in [0, 0.1) is 0 Å². The molecule has 34 heavy (non-hydrogen) atoms. The van der Waals surface area contributed by atoms with Crippen LogP contribution >= 0.6 is 0 Å². The van der Waals surface area contributed by atoms with E-state index in [0.29, 0.717) is 33.9 Å². The lowest BCUT2D eigenvalue weighted by molar-refractivity contribution is -0.112. The number of pyridine rings is 1. The Balaban J connectivity index is 1.50. The van der Waals surface area contributed by atoms with Gasteiger partial charge in [-0.3, -0.25) is 9.59 Å². The third kappa shape index (κ3) is 4.97. The van der Waals surface area contributed by atoms with E-state index in [2.05, 4.69) is 38.7 Å². The number of aromatic amines is 1. The van der Waals surface area contributed by atoms with E-state index < -0.39 is 11.7 Å². The van der Waals surface area contributed by atoms with Crippen molar-refractivity contribution in [2.24, 2.45) is 0 Å². The molecule has 0 radical (unpaired) electrons. The van der Waals surface area contributed by atoms with Crippen LogP contribution in [0.1, 0.15) is 10.4 Å². The number of allylic oxidation sites excluding steroid dienone is 2. The van der Waals surface area contributed by atoms with Crippen LogP contribution in [0.15, 0.2) is 104 Å². The van der Waals surface area contributed by atoms with Gasteiger partial charge in [-0.2, -0.15) is 0 Å². The van der Waals surface area contributed by atoms with Gasteiger partial charge in [0, 0.05) is 22.9 Å². The number of H-pyrrole nitrogens is 1. The number of halogens is 1. The highest BCUT2D eigenvalue weighted by molar-refractivity contribution is 6.06. The predicted molar refractivity (Wildman–Crippen MR) is 131 cm³/mol.